The van der Waals surface area contributed by atoms with E-state index >= 15 is 0 Å². The molecule has 0 amide bonds. The first-order valence-electron chi connectivity index (χ1n) is 6.51. The quantitative estimate of drug-likeness (QED) is 0.666. The molecule has 0 aliphatic carbocycles. The van der Waals surface area contributed by atoms with E-state index < -0.39 is 26.1 Å². The topological polar surface area (TPSA) is 72.1 Å². The van der Waals surface area contributed by atoms with Gasteiger partial charge >= 0.3 is 5.51 Å². The van der Waals surface area contributed by atoms with Gasteiger partial charge in [0.2, 0.25) is 0 Å². The van der Waals surface area contributed by atoms with Crippen LogP contribution in [0.1, 0.15) is 0 Å². The van der Waals surface area contributed by atoms with Gasteiger partial charge in [-0.2, -0.15) is 18.3 Å². The number of ether oxygens (including phenoxy) is 1. The summed E-state index contributed by atoms with van der Waals surface area (Å²) in [6, 6.07) is 5.10. The number of sulfone groups is 1. The molecule has 0 aliphatic heterocycles. The van der Waals surface area contributed by atoms with Gasteiger partial charge in [0.1, 0.15) is 22.2 Å². The molecule has 0 fully saturated rings. The fraction of sp³-hybridized carbons (Fsp3) is 0.0714. The minimum atomic E-state index is -5.58. The second-order valence-electron chi connectivity index (χ2n) is 4.88. The van der Waals surface area contributed by atoms with E-state index in [2.05, 4.69) is 10.2 Å². The summed E-state index contributed by atoms with van der Waals surface area (Å²) >= 11 is 5.71. The average molecular weight is 395 g/mol. The van der Waals surface area contributed by atoms with Crippen molar-refractivity contribution >= 4 is 32.3 Å². The largest absolute Gasteiger partial charge is 0.501 e. The first-order chi connectivity index (χ1) is 11.6. The third-order valence-corrected chi connectivity index (χ3v) is 4.94. The van der Waals surface area contributed by atoms with E-state index in [4.69, 9.17) is 16.3 Å². The number of alkyl halides is 3. The van der Waals surface area contributed by atoms with Gasteiger partial charge in [-0.15, -0.1) is 0 Å². The van der Waals surface area contributed by atoms with E-state index in [1.165, 1.54) is 6.07 Å². The zero-order chi connectivity index (χ0) is 18.4. The van der Waals surface area contributed by atoms with Crippen LogP contribution in [0.25, 0.3) is 10.9 Å². The highest BCUT2D eigenvalue weighted by Gasteiger charge is 2.48. The summed E-state index contributed by atoms with van der Waals surface area (Å²) in [6.45, 7) is 0. The molecule has 3 aromatic rings. The molecule has 3 rings (SSSR count). The lowest BCUT2D eigenvalue weighted by Gasteiger charge is -2.11. The number of H-pyrrole nitrogens is 1. The van der Waals surface area contributed by atoms with Crippen LogP contribution in [0.4, 0.5) is 17.6 Å². The highest BCUT2D eigenvalue weighted by molar-refractivity contribution is 7.92. The van der Waals surface area contributed by atoms with Gasteiger partial charge in [0.05, 0.1) is 17.1 Å². The molecule has 132 valence electrons. The van der Waals surface area contributed by atoms with Crippen molar-refractivity contribution in [1.29, 1.82) is 0 Å². The van der Waals surface area contributed by atoms with E-state index in [1.54, 1.807) is 0 Å². The fourth-order valence-electron chi connectivity index (χ4n) is 2.14. The van der Waals surface area contributed by atoms with Crippen LogP contribution in [-0.2, 0) is 9.84 Å². The van der Waals surface area contributed by atoms with Gasteiger partial charge in [-0.05, 0) is 24.3 Å². The maximum absolute atomic E-state index is 13.3. The predicted molar refractivity (Wildman–Crippen MR) is 80.8 cm³/mol. The van der Waals surface area contributed by atoms with Crippen molar-refractivity contribution < 1.29 is 30.7 Å². The average Bonchev–Trinajstić information content (AvgIpc) is 2.94. The maximum Gasteiger partial charge on any atom is 0.501 e. The van der Waals surface area contributed by atoms with Gasteiger partial charge in [0.25, 0.3) is 9.84 Å². The van der Waals surface area contributed by atoms with E-state index in [0.29, 0.717) is 0 Å². The number of fused-ring (bicyclic) bond motifs is 1. The Morgan fingerprint density at radius 2 is 1.88 bits per heavy atom. The molecular formula is C14H7ClF4N2O3S. The van der Waals surface area contributed by atoms with Crippen LogP contribution in [0.3, 0.4) is 0 Å². The highest BCUT2D eigenvalue weighted by Crippen LogP contribution is 2.38. The molecule has 0 aliphatic rings. The Balaban J connectivity index is 2.12. The molecule has 11 heteroatoms. The van der Waals surface area contributed by atoms with Crippen LogP contribution in [0.15, 0.2) is 41.4 Å². The standard InChI is InChI=1S/C14H7ClF4N2O3S/c15-7-3-8(16)5-9(4-7)24-11-1-2-12(13-10(11)6-20-21-13)25(22,23)14(17,18)19/h1-6H,(H,20,21). The van der Waals surface area contributed by atoms with Gasteiger partial charge in [-0.25, -0.2) is 12.8 Å². The Morgan fingerprint density at radius 1 is 1.16 bits per heavy atom. The number of nitrogens with one attached hydrogen (secondary N) is 1. The van der Waals surface area contributed by atoms with E-state index in [-0.39, 0.29) is 27.4 Å². The molecule has 2 aromatic carbocycles. The minimum absolute atomic E-state index is 0.0149. The van der Waals surface area contributed by atoms with Crippen molar-refractivity contribution in [2.24, 2.45) is 0 Å². The lowest BCUT2D eigenvalue weighted by Crippen LogP contribution is -2.23. The van der Waals surface area contributed by atoms with Gasteiger partial charge in [0.15, 0.2) is 0 Å². The lowest BCUT2D eigenvalue weighted by atomic mass is 10.2. The summed E-state index contributed by atoms with van der Waals surface area (Å²) < 4.78 is 80.4. The van der Waals surface area contributed by atoms with Crippen LogP contribution in [0, 0.1) is 5.82 Å². The van der Waals surface area contributed by atoms with Gasteiger partial charge in [0, 0.05) is 11.1 Å². The molecule has 0 unspecified atom stereocenters. The Bertz CT molecular complexity index is 1040. The zero-order valence-corrected chi connectivity index (χ0v) is 13.5. The number of halogens is 5. The van der Waals surface area contributed by atoms with Gasteiger partial charge in [-0.1, -0.05) is 11.6 Å². The predicted octanol–water partition coefficient (Wildman–Crippen LogP) is 4.44. The molecule has 0 spiro atoms. The van der Waals surface area contributed by atoms with E-state index in [1.807, 2.05) is 0 Å². The number of hydrogen-bond acceptors (Lipinski definition) is 4. The molecule has 0 saturated carbocycles. The monoisotopic (exact) mass is 394 g/mol. The first-order valence-corrected chi connectivity index (χ1v) is 8.37. The smallest absolute Gasteiger partial charge is 0.456 e. The summed E-state index contributed by atoms with van der Waals surface area (Å²) in [5.74, 6) is -0.715. The highest BCUT2D eigenvalue weighted by atomic mass is 35.5. The van der Waals surface area contributed by atoms with Crippen LogP contribution in [0.2, 0.25) is 5.02 Å². The SMILES string of the molecule is O=S(=O)(c1ccc(Oc2cc(F)cc(Cl)c2)c2cn[nH]c12)C(F)(F)F. The molecule has 1 heterocycles. The van der Waals surface area contributed by atoms with Crippen molar-refractivity contribution in [3.8, 4) is 11.5 Å². The molecule has 0 radical (unpaired) electrons. The summed E-state index contributed by atoms with van der Waals surface area (Å²) in [4.78, 5) is -0.989. The van der Waals surface area contributed by atoms with Gasteiger partial charge in [-0.3, -0.25) is 5.10 Å². The van der Waals surface area contributed by atoms with Crippen LogP contribution < -0.4 is 4.74 Å². The third kappa shape index (κ3) is 3.14. The minimum Gasteiger partial charge on any atom is -0.456 e. The third-order valence-electron chi connectivity index (χ3n) is 3.20. The van der Waals surface area contributed by atoms with E-state index in [9.17, 15) is 26.0 Å². The molecule has 0 bridgehead atoms. The molecule has 0 saturated heterocycles. The normalized spacial score (nSPS) is 12.5. The number of benzene rings is 2. The Hall–Kier alpha value is -2.33. The van der Waals surface area contributed by atoms with Crippen LogP contribution in [-0.4, -0.2) is 24.1 Å². The molecule has 1 aromatic heterocycles. The molecule has 1 N–H and O–H groups in total. The Labute approximate surface area is 143 Å². The Morgan fingerprint density at radius 3 is 2.52 bits per heavy atom. The first kappa shape index (κ1) is 17.5. The molecule has 0 atom stereocenters. The molecule has 5 nitrogen and oxygen atoms in total. The number of aromatic nitrogens is 2. The molecule has 25 heavy (non-hydrogen) atoms. The second kappa shape index (κ2) is 5.88. The second-order valence-corrected chi connectivity index (χ2v) is 7.22. The van der Waals surface area contributed by atoms with Crippen LogP contribution in [0.5, 0.6) is 11.5 Å². The number of hydrogen-bond donors (Lipinski definition) is 1. The van der Waals surface area contributed by atoms with Crippen molar-refractivity contribution in [3.05, 3.63) is 47.4 Å². The summed E-state index contributed by atoms with van der Waals surface area (Å²) in [6.07, 6.45) is 1.10. The van der Waals surface area contributed by atoms with Gasteiger partial charge < -0.3 is 4.74 Å². The number of nitrogens with zero attached hydrogens (tertiary/aromatic N) is 1. The number of aromatic amines is 1. The van der Waals surface area contributed by atoms with Crippen molar-refractivity contribution in [2.45, 2.75) is 10.4 Å². The maximum atomic E-state index is 13.3. The Kier molecular flexibility index (Phi) is 4.12. The van der Waals surface area contributed by atoms with E-state index in [0.717, 1.165) is 30.5 Å². The van der Waals surface area contributed by atoms with Crippen LogP contribution >= 0.6 is 11.6 Å². The lowest BCUT2D eigenvalue weighted by molar-refractivity contribution is -0.0435. The summed E-state index contributed by atoms with van der Waals surface area (Å²) in [5, 5.41) is 5.79. The number of rotatable bonds is 3. The fourth-order valence-corrected chi connectivity index (χ4v) is 3.27. The summed E-state index contributed by atoms with van der Waals surface area (Å²) in [7, 11) is -5.58. The van der Waals surface area contributed by atoms with Crippen molar-refractivity contribution in [2.75, 3.05) is 0 Å². The molecular weight excluding hydrogens is 388 g/mol. The van der Waals surface area contributed by atoms with Crippen molar-refractivity contribution in [3.63, 3.8) is 0 Å². The zero-order valence-electron chi connectivity index (χ0n) is 11.9. The van der Waals surface area contributed by atoms with Crippen molar-refractivity contribution in [1.82, 2.24) is 10.2 Å². The summed E-state index contributed by atoms with van der Waals surface area (Å²) in [5.41, 5.74) is -5.85.